The topological polar surface area (TPSA) is 82.1 Å². The number of carbonyl (C=O) groups excluding carboxylic acids is 3. The number of hydrogen-bond donors (Lipinski definition) is 0. The van der Waals surface area contributed by atoms with Gasteiger partial charge in [-0.2, -0.15) is 0 Å². The Labute approximate surface area is 123 Å². The fourth-order valence-electron chi connectivity index (χ4n) is 0.371. The van der Waals surface area contributed by atoms with Crippen molar-refractivity contribution in [3.8, 4) is 0 Å². The standard InChI is InChI=1S/C6H9NO6.K/c1-4(8)11-7(12-5(2)9)13-6(3)10;/h1-3H3;. The Hall–Kier alpha value is 0.00636. The van der Waals surface area contributed by atoms with Crippen molar-refractivity contribution in [2.24, 2.45) is 0 Å². The summed E-state index contributed by atoms with van der Waals surface area (Å²) in [5, 5.41) is 0.0486. The summed E-state index contributed by atoms with van der Waals surface area (Å²) in [5.41, 5.74) is 0. The first-order valence-corrected chi connectivity index (χ1v) is 3.27. The maximum absolute atomic E-state index is 10.4. The van der Waals surface area contributed by atoms with Gasteiger partial charge in [-0.3, -0.25) is 14.4 Å². The molecule has 0 aliphatic carbocycles. The summed E-state index contributed by atoms with van der Waals surface area (Å²) in [6, 6.07) is 0. The summed E-state index contributed by atoms with van der Waals surface area (Å²) >= 11 is 0. The Morgan fingerprint density at radius 2 is 1.00 bits per heavy atom. The number of carbonyl (C=O) groups is 3. The van der Waals surface area contributed by atoms with Gasteiger partial charge in [-0.15, -0.1) is 0 Å². The molecule has 0 bridgehead atoms. The fraction of sp³-hybridized carbons (Fsp3) is 0.500. The molecule has 0 unspecified atom stereocenters. The summed E-state index contributed by atoms with van der Waals surface area (Å²) in [4.78, 5) is 43.7. The van der Waals surface area contributed by atoms with E-state index in [-0.39, 0.29) is 56.8 Å². The normalized spacial score (nSPS) is 8.57. The molecule has 7 nitrogen and oxygen atoms in total. The van der Waals surface area contributed by atoms with Gasteiger partial charge in [0.1, 0.15) is 0 Å². The minimum absolute atomic E-state index is 0. The van der Waals surface area contributed by atoms with Crippen LogP contribution in [-0.2, 0) is 28.9 Å². The van der Waals surface area contributed by atoms with Crippen LogP contribution in [0.1, 0.15) is 20.8 Å². The molecule has 8 heteroatoms. The molecule has 0 aliphatic rings. The summed E-state index contributed by atoms with van der Waals surface area (Å²) in [5.74, 6) is -2.37. The van der Waals surface area contributed by atoms with Crippen LogP contribution in [0.25, 0.3) is 0 Å². The molecule has 0 aromatic carbocycles. The molecule has 0 aromatic rings. The van der Waals surface area contributed by atoms with E-state index in [0.717, 1.165) is 20.8 Å². The number of rotatable bonds is 3. The van der Waals surface area contributed by atoms with E-state index in [0.29, 0.717) is 0 Å². The second-order valence-corrected chi connectivity index (χ2v) is 1.97. The molecule has 0 saturated heterocycles. The monoisotopic (exact) mass is 230 g/mol. The van der Waals surface area contributed by atoms with Crippen LogP contribution in [0.3, 0.4) is 0 Å². The second kappa shape index (κ2) is 8.33. The van der Waals surface area contributed by atoms with Crippen molar-refractivity contribution in [3.05, 3.63) is 0 Å². The predicted molar refractivity (Wildman–Crippen MR) is 42.9 cm³/mol. The van der Waals surface area contributed by atoms with Gasteiger partial charge in [0, 0.05) is 72.2 Å². The molecule has 75 valence electrons. The van der Waals surface area contributed by atoms with Gasteiger partial charge >= 0.3 is 17.9 Å². The third-order valence-corrected chi connectivity index (χ3v) is 0.609. The zero-order valence-electron chi connectivity index (χ0n) is 8.40. The van der Waals surface area contributed by atoms with Crippen molar-refractivity contribution in [1.29, 1.82) is 0 Å². The van der Waals surface area contributed by atoms with Crippen LogP contribution < -0.4 is 0 Å². The zero-order valence-corrected chi connectivity index (χ0v) is 11.5. The van der Waals surface area contributed by atoms with E-state index in [1.54, 1.807) is 0 Å². The van der Waals surface area contributed by atoms with Crippen LogP contribution >= 0.6 is 0 Å². The van der Waals surface area contributed by atoms with Crippen molar-refractivity contribution in [1.82, 2.24) is 5.39 Å². The Kier molecular flexibility index (Phi) is 9.77. The minimum Gasteiger partial charge on any atom is -0.301 e. The average Bonchev–Trinajstić information content (AvgIpc) is 1.80. The van der Waals surface area contributed by atoms with Gasteiger partial charge in [-0.1, -0.05) is 0 Å². The van der Waals surface area contributed by atoms with Crippen molar-refractivity contribution < 1.29 is 28.9 Å². The third-order valence-electron chi connectivity index (χ3n) is 0.609. The molecule has 0 aliphatic heterocycles. The molecule has 0 fully saturated rings. The molecule has 0 aromatic heterocycles. The summed E-state index contributed by atoms with van der Waals surface area (Å²) in [7, 11) is 0. The molecule has 0 heterocycles. The molecule has 0 rings (SSSR count). The van der Waals surface area contributed by atoms with Gasteiger partial charge in [0.15, 0.2) is 0 Å². The summed E-state index contributed by atoms with van der Waals surface area (Å²) in [6.07, 6.45) is 0. The van der Waals surface area contributed by atoms with E-state index in [1.807, 2.05) is 0 Å². The number of nitrogens with zero attached hydrogens (tertiary/aromatic N) is 1. The van der Waals surface area contributed by atoms with E-state index in [4.69, 9.17) is 0 Å². The van der Waals surface area contributed by atoms with Crippen molar-refractivity contribution in [2.75, 3.05) is 0 Å². The van der Waals surface area contributed by atoms with Gasteiger partial charge < -0.3 is 14.5 Å². The van der Waals surface area contributed by atoms with Crippen LogP contribution in [0, 0.1) is 0 Å². The maximum Gasteiger partial charge on any atom is 0.329 e. The Balaban J connectivity index is 0. The van der Waals surface area contributed by atoms with Crippen LogP contribution in [0.2, 0.25) is 0 Å². The summed E-state index contributed by atoms with van der Waals surface area (Å²) < 4.78 is 0. The van der Waals surface area contributed by atoms with Crippen molar-refractivity contribution >= 4 is 69.3 Å². The minimum atomic E-state index is -0.789. The zero-order chi connectivity index (χ0) is 10.4. The smallest absolute Gasteiger partial charge is 0.301 e. The molecule has 0 N–H and O–H groups in total. The van der Waals surface area contributed by atoms with Crippen molar-refractivity contribution in [3.63, 3.8) is 0 Å². The van der Waals surface area contributed by atoms with E-state index in [2.05, 4.69) is 14.5 Å². The van der Waals surface area contributed by atoms with Gasteiger partial charge in [0.25, 0.3) is 0 Å². The van der Waals surface area contributed by atoms with Crippen LogP contribution in [0.15, 0.2) is 0 Å². The first-order chi connectivity index (χ1) is 5.91. The largest absolute Gasteiger partial charge is 0.329 e. The fourth-order valence-corrected chi connectivity index (χ4v) is 0.371. The second-order valence-electron chi connectivity index (χ2n) is 1.97. The van der Waals surface area contributed by atoms with Crippen LogP contribution in [0.4, 0.5) is 0 Å². The predicted octanol–water partition coefficient (Wildman–Crippen LogP) is -0.658. The van der Waals surface area contributed by atoms with Crippen LogP contribution in [0.5, 0.6) is 0 Å². The molecular formula is C6H9KNO6. The Morgan fingerprint density at radius 3 is 1.14 bits per heavy atom. The first-order valence-electron chi connectivity index (χ1n) is 3.27. The van der Waals surface area contributed by atoms with Crippen LogP contribution in [-0.4, -0.2) is 74.7 Å². The SMILES string of the molecule is CC(=O)ON(OC(C)=O)OC(C)=O.[K]. The first kappa shape index (κ1) is 16.4. The molecule has 0 saturated carbocycles. The van der Waals surface area contributed by atoms with Gasteiger partial charge in [0.05, 0.1) is 0 Å². The molecular weight excluding hydrogens is 221 g/mol. The maximum atomic E-state index is 10.4. The van der Waals surface area contributed by atoms with Crippen molar-refractivity contribution in [2.45, 2.75) is 20.8 Å². The molecule has 0 atom stereocenters. The Bertz CT molecular complexity index is 192. The summed E-state index contributed by atoms with van der Waals surface area (Å²) in [6.45, 7) is 3.17. The molecule has 14 heavy (non-hydrogen) atoms. The van der Waals surface area contributed by atoms with Gasteiger partial charge in [-0.25, -0.2) is 0 Å². The third kappa shape index (κ3) is 10.1. The Morgan fingerprint density at radius 1 is 0.786 bits per heavy atom. The molecule has 1 radical (unpaired) electrons. The van der Waals surface area contributed by atoms with Gasteiger partial charge in [-0.05, 0) is 0 Å². The average molecular weight is 230 g/mol. The quantitative estimate of drug-likeness (QED) is 0.470. The van der Waals surface area contributed by atoms with E-state index in [9.17, 15) is 14.4 Å². The molecule has 0 amide bonds. The van der Waals surface area contributed by atoms with Gasteiger partial charge in [0.2, 0.25) is 5.39 Å². The number of hydrogen-bond acceptors (Lipinski definition) is 7. The van der Waals surface area contributed by atoms with E-state index < -0.39 is 17.9 Å². The van der Waals surface area contributed by atoms with E-state index in [1.165, 1.54) is 0 Å². The molecule has 0 spiro atoms. The van der Waals surface area contributed by atoms with E-state index >= 15 is 0 Å².